The van der Waals surface area contributed by atoms with Crippen LogP contribution >= 0.6 is 0 Å². The highest BCUT2D eigenvalue weighted by molar-refractivity contribution is 5.78. The highest BCUT2D eigenvalue weighted by atomic mass is 16.5. The van der Waals surface area contributed by atoms with Gasteiger partial charge in [-0.25, -0.2) is 0 Å². The van der Waals surface area contributed by atoms with Crippen molar-refractivity contribution in [2.75, 3.05) is 20.3 Å². The summed E-state index contributed by atoms with van der Waals surface area (Å²) < 4.78 is 5.02. The van der Waals surface area contributed by atoms with E-state index >= 15 is 0 Å². The predicted octanol–water partition coefficient (Wildman–Crippen LogP) is 1.28. The number of rotatable bonds is 5. The lowest BCUT2D eigenvalue weighted by atomic mass is 9.95. The fourth-order valence-electron chi connectivity index (χ4n) is 1.84. The van der Waals surface area contributed by atoms with Crippen molar-refractivity contribution in [1.29, 1.82) is 0 Å². The molecule has 92 valence electrons. The van der Waals surface area contributed by atoms with Gasteiger partial charge in [-0.1, -0.05) is 12.2 Å². The lowest BCUT2D eigenvalue weighted by Crippen LogP contribution is -2.41. The summed E-state index contributed by atoms with van der Waals surface area (Å²) in [7, 11) is 1.68. The molecule has 0 spiro atoms. The van der Waals surface area contributed by atoms with E-state index in [1.807, 2.05) is 6.92 Å². The van der Waals surface area contributed by atoms with Gasteiger partial charge in [-0.3, -0.25) is 4.99 Å². The van der Waals surface area contributed by atoms with E-state index in [4.69, 9.17) is 10.5 Å². The second-order valence-electron chi connectivity index (χ2n) is 4.38. The van der Waals surface area contributed by atoms with E-state index < -0.39 is 0 Å². The molecular weight excluding hydrogens is 202 g/mol. The molecule has 0 bridgehead atoms. The van der Waals surface area contributed by atoms with Crippen LogP contribution in [-0.2, 0) is 4.74 Å². The third-order valence-electron chi connectivity index (χ3n) is 2.71. The Hall–Kier alpha value is -1.03. The number of nitrogens with two attached hydrogens (primary N) is 1. The molecule has 0 fully saturated rings. The van der Waals surface area contributed by atoms with Crippen LogP contribution in [0.4, 0.5) is 0 Å². The minimum Gasteiger partial charge on any atom is -0.383 e. The van der Waals surface area contributed by atoms with Crippen molar-refractivity contribution in [1.82, 2.24) is 5.32 Å². The van der Waals surface area contributed by atoms with E-state index in [0.717, 1.165) is 13.0 Å². The molecule has 4 nitrogen and oxygen atoms in total. The van der Waals surface area contributed by atoms with Crippen molar-refractivity contribution in [2.45, 2.75) is 32.2 Å². The average Bonchev–Trinajstić information content (AvgIpc) is 2.28. The Morgan fingerprint density at radius 3 is 3.06 bits per heavy atom. The molecule has 16 heavy (non-hydrogen) atoms. The van der Waals surface area contributed by atoms with Gasteiger partial charge in [-0.15, -0.1) is 0 Å². The van der Waals surface area contributed by atoms with Gasteiger partial charge in [0.15, 0.2) is 5.96 Å². The van der Waals surface area contributed by atoms with Crippen LogP contribution < -0.4 is 11.1 Å². The summed E-state index contributed by atoms with van der Waals surface area (Å²) in [6.07, 6.45) is 8.00. The second-order valence-corrected chi connectivity index (χ2v) is 4.38. The quantitative estimate of drug-likeness (QED) is 0.421. The van der Waals surface area contributed by atoms with Gasteiger partial charge in [-0.05, 0) is 32.1 Å². The van der Waals surface area contributed by atoms with E-state index in [1.54, 1.807) is 7.11 Å². The van der Waals surface area contributed by atoms with Gasteiger partial charge in [0.25, 0.3) is 0 Å². The number of nitrogens with one attached hydrogen (secondary N) is 1. The number of aliphatic imine (C=N–C) groups is 1. The normalized spacial score (nSPS) is 23.1. The maximum atomic E-state index is 5.79. The van der Waals surface area contributed by atoms with E-state index in [1.165, 1.54) is 12.8 Å². The number of nitrogens with zero attached hydrogens (tertiary/aromatic N) is 1. The number of allylic oxidation sites excluding steroid dienone is 2. The molecule has 0 aromatic heterocycles. The third kappa shape index (κ3) is 5.16. The summed E-state index contributed by atoms with van der Waals surface area (Å²) in [6, 6.07) is 0.208. The van der Waals surface area contributed by atoms with Crippen molar-refractivity contribution in [3.63, 3.8) is 0 Å². The standard InChI is InChI=1S/C12H23N3O/c1-10(9-16-2)15-12(13)14-8-11-6-4-3-5-7-11/h3-4,10-11H,5-9H2,1-2H3,(H3,13,14,15). The minimum atomic E-state index is 0.208. The number of hydrogen-bond acceptors (Lipinski definition) is 2. The van der Waals surface area contributed by atoms with Crippen LogP contribution in [0.15, 0.2) is 17.1 Å². The molecule has 0 aliphatic heterocycles. The van der Waals surface area contributed by atoms with Crippen LogP contribution in [0.25, 0.3) is 0 Å². The smallest absolute Gasteiger partial charge is 0.188 e. The highest BCUT2D eigenvalue weighted by Crippen LogP contribution is 2.17. The molecule has 0 radical (unpaired) electrons. The Kier molecular flexibility index (Phi) is 5.93. The minimum absolute atomic E-state index is 0.208. The molecule has 1 aliphatic carbocycles. The first-order chi connectivity index (χ1) is 7.72. The zero-order valence-corrected chi connectivity index (χ0v) is 10.3. The van der Waals surface area contributed by atoms with Gasteiger partial charge < -0.3 is 15.8 Å². The Morgan fingerprint density at radius 2 is 2.44 bits per heavy atom. The SMILES string of the molecule is COCC(C)NC(N)=NCC1CC=CCC1. The lowest BCUT2D eigenvalue weighted by molar-refractivity contribution is 0.179. The van der Waals surface area contributed by atoms with Crippen molar-refractivity contribution in [3.8, 4) is 0 Å². The zero-order chi connectivity index (χ0) is 11.8. The molecule has 0 aromatic carbocycles. The van der Waals surface area contributed by atoms with Gasteiger partial charge in [0.1, 0.15) is 0 Å². The van der Waals surface area contributed by atoms with Crippen molar-refractivity contribution >= 4 is 5.96 Å². The fourth-order valence-corrected chi connectivity index (χ4v) is 1.84. The molecule has 2 unspecified atom stereocenters. The van der Waals surface area contributed by atoms with E-state index in [0.29, 0.717) is 18.5 Å². The van der Waals surface area contributed by atoms with Crippen LogP contribution in [0, 0.1) is 5.92 Å². The van der Waals surface area contributed by atoms with E-state index in [9.17, 15) is 0 Å². The maximum absolute atomic E-state index is 5.79. The number of ether oxygens (including phenoxy) is 1. The van der Waals surface area contributed by atoms with Crippen LogP contribution in [0.1, 0.15) is 26.2 Å². The first-order valence-corrected chi connectivity index (χ1v) is 5.92. The summed E-state index contributed by atoms with van der Waals surface area (Å²) in [5.41, 5.74) is 5.79. The Bertz CT molecular complexity index is 251. The number of methoxy groups -OCH3 is 1. The van der Waals surface area contributed by atoms with Gasteiger partial charge in [0.2, 0.25) is 0 Å². The Labute approximate surface area is 98.0 Å². The largest absolute Gasteiger partial charge is 0.383 e. The maximum Gasteiger partial charge on any atom is 0.188 e. The van der Waals surface area contributed by atoms with Crippen molar-refractivity contribution in [2.24, 2.45) is 16.6 Å². The number of guanidine groups is 1. The molecule has 0 saturated carbocycles. The van der Waals surface area contributed by atoms with Gasteiger partial charge >= 0.3 is 0 Å². The molecule has 0 amide bonds. The summed E-state index contributed by atoms with van der Waals surface area (Å²) in [4.78, 5) is 4.36. The molecule has 4 heteroatoms. The molecule has 2 atom stereocenters. The van der Waals surface area contributed by atoms with Crippen LogP contribution in [0.5, 0.6) is 0 Å². The number of hydrogen-bond donors (Lipinski definition) is 2. The summed E-state index contributed by atoms with van der Waals surface area (Å²) in [6.45, 7) is 3.49. The van der Waals surface area contributed by atoms with E-state index in [2.05, 4.69) is 22.5 Å². The van der Waals surface area contributed by atoms with Crippen molar-refractivity contribution in [3.05, 3.63) is 12.2 Å². The molecule has 0 saturated heterocycles. The molecular formula is C12H23N3O. The summed E-state index contributed by atoms with van der Waals surface area (Å²) in [5.74, 6) is 1.18. The van der Waals surface area contributed by atoms with Gasteiger partial charge in [0.05, 0.1) is 6.61 Å². The topological polar surface area (TPSA) is 59.6 Å². The Morgan fingerprint density at radius 1 is 1.62 bits per heavy atom. The fraction of sp³-hybridized carbons (Fsp3) is 0.750. The molecule has 3 N–H and O–H groups in total. The van der Waals surface area contributed by atoms with Gasteiger partial charge in [-0.2, -0.15) is 0 Å². The molecule has 1 aliphatic rings. The molecule has 1 rings (SSSR count). The zero-order valence-electron chi connectivity index (χ0n) is 10.3. The van der Waals surface area contributed by atoms with Crippen LogP contribution in [0.2, 0.25) is 0 Å². The van der Waals surface area contributed by atoms with Gasteiger partial charge in [0, 0.05) is 19.7 Å². The van der Waals surface area contributed by atoms with Crippen LogP contribution in [-0.4, -0.2) is 32.3 Å². The van der Waals surface area contributed by atoms with Crippen molar-refractivity contribution < 1.29 is 4.74 Å². The Balaban J connectivity index is 2.24. The second kappa shape index (κ2) is 7.28. The predicted molar refractivity (Wildman–Crippen MR) is 67.4 cm³/mol. The molecule has 0 aromatic rings. The average molecular weight is 225 g/mol. The van der Waals surface area contributed by atoms with E-state index in [-0.39, 0.29) is 6.04 Å². The summed E-state index contributed by atoms with van der Waals surface area (Å²) in [5, 5.41) is 3.11. The monoisotopic (exact) mass is 225 g/mol. The lowest BCUT2D eigenvalue weighted by Gasteiger charge is -2.17. The third-order valence-corrected chi connectivity index (χ3v) is 2.71. The van der Waals surface area contributed by atoms with Crippen LogP contribution in [0.3, 0.4) is 0 Å². The summed E-state index contributed by atoms with van der Waals surface area (Å²) >= 11 is 0. The first-order valence-electron chi connectivity index (χ1n) is 5.92. The molecule has 0 heterocycles. The first kappa shape index (κ1) is 13.0. The highest BCUT2D eigenvalue weighted by Gasteiger charge is 2.09.